The maximum Gasteiger partial charge on any atom is 0.147 e. The molecule has 3 heteroatoms. The normalized spacial score (nSPS) is 15.2. The number of phenols is 1. The number of aromatic hydroxyl groups is 1. The van der Waals surface area contributed by atoms with E-state index in [2.05, 4.69) is 63.8 Å². The molecule has 0 spiro atoms. The van der Waals surface area contributed by atoms with E-state index in [9.17, 15) is 5.11 Å². The smallest absolute Gasteiger partial charge is 0.147 e. The van der Waals surface area contributed by atoms with Gasteiger partial charge in [0.1, 0.15) is 5.75 Å². The van der Waals surface area contributed by atoms with Gasteiger partial charge in [-0.25, -0.2) is 0 Å². The number of phenolic OH excluding ortho intramolecular Hbond substituents is 1. The van der Waals surface area contributed by atoms with E-state index in [1.807, 2.05) is 12.3 Å². The standard InChI is InChI=1S/C25H34N2O/c1-17(2)21-10-9-11-22(18(3)4)24(21)26-16-20-14-19(5)15-23(25(20)28)27-12-7-6-8-13-27/h9-11,14-18,28H,6-8,12-13H2,1-5H3. The third kappa shape index (κ3) is 4.40. The Bertz CT molecular complexity index is 820. The molecular formula is C25H34N2O. The molecule has 0 atom stereocenters. The Morgan fingerprint density at radius 3 is 2.14 bits per heavy atom. The molecule has 1 heterocycles. The third-order valence-corrected chi connectivity index (χ3v) is 5.64. The number of hydrogen-bond donors (Lipinski definition) is 1. The van der Waals surface area contributed by atoms with Crippen LogP contribution in [0.2, 0.25) is 0 Å². The zero-order chi connectivity index (χ0) is 20.3. The number of aliphatic imine (C=N–C) groups is 1. The first-order valence-corrected chi connectivity index (χ1v) is 10.6. The number of hydrogen-bond acceptors (Lipinski definition) is 3. The van der Waals surface area contributed by atoms with Crippen LogP contribution in [0.25, 0.3) is 0 Å². The van der Waals surface area contributed by atoms with Crippen LogP contribution in [0.1, 0.15) is 81.0 Å². The van der Waals surface area contributed by atoms with Crippen molar-refractivity contribution in [2.45, 2.75) is 65.7 Å². The van der Waals surface area contributed by atoms with E-state index in [0.717, 1.165) is 35.6 Å². The van der Waals surface area contributed by atoms with Crippen LogP contribution in [0.5, 0.6) is 5.75 Å². The van der Waals surface area contributed by atoms with Gasteiger partial charge in [-0.1, -0.05) is 45.9 Å². The lowest BCUT2D eigenvalue weighted by molar-refractivity contribution is 0.468. The van der Waals surface area contributed by atoms with Gasteiger partial charge < -0.3 is 10.0 Å². The summed E-state index contributed by atoms with van der Waals surface area (Å²) in [4.78, 5) is 7.21. The summed E-state index contributed by atoms with van der Waals surface area (Å²) in [5, 5.41) is 11.0. The number of anilines is 1. The molecule has 0 saturated carbocycles. The second kappa shape index (κ2) is 8.81. The molecule has 0 bridgehead atoms. The molecule has 1 aliphatic heterocycles. The minimum atomic E-state index is 0.351. The minimum absolute atomic E-state index is 0.351. The van der Waals surface area contributed by atoms with Crippen molar-refractivity contribution in [1.29, 1.82) is 0 Å². The predicted octanol–water partition coefficient (Wildman–Crippen LogP) is 6.69. The zero-order valence-electron chi connectivity index (χ0n) is 18.0. The van der Waals surface area contributed by atoms with Crippen molar-refractivity contribution in [2.75, 3.05) is 18.0 Å². The summed E-state index contributed by atoms with van der Waals surface area (Å²) < 4.78 is 0. The van der Waals surface area contributed by atoms with Gasteiger partial charge in [0.25, 0.3) is 0 Å². The fourth-order valence-electron chi connectivity index (χ4n) is 4.06. The van der Waals surface area contributed by atoms with Gasteiger partial charge in [-0.15, -0.1) is 0 Å². The fraction of sp³-hybridized carbons (Fsp3) is 0.480. The van der Waals surface area contributed by atoms with Gasteiger partial charge in [0.2, 0.25) is 0 Å². The van der Waals surface area contributed by atoms with E-state index in [4.69, 9.17) is 4.99 Å². The van der Waals surface area contributed by atoms with Gasteiger partial charge in [0, 0.05) is 24.9 Å². The molecule has 1 fully saturated rings. The monoisotopic (exact) mass is 378 g/mol. The van der Waals surface area contributed by atoms with E-state index >= 15 is 0 Å². The van der Waals surface area contributed by atoms with Crippen LogP contribution < -0.4 is 4.90 Å². The molecule has 3 rings (SSSR count). The highest BCUT2D eigenvalue weighted by atomic mass is 16.3. The summed E-state index contributed by atoms with van der Waals surface area (Å²) in [6.07, 6.45) is 5.51. The molecule has 3 nitrogen and oxygen atoms in total. The predicted molar refractivity (Wildman–Crippen MR) is 121 cm³/mol. The molecule has 1 saturated heterocycles. The Labute approximate surface area is 170 Å². The average molecular weight is 379 g/mol. The largest absolute Gasteiger partial charge is 0.505 e. The molecule has 2 aromatic rings. The van der Waals surface area contributed by atoms with Gasteiger partial charge in [-0.05, 0) is 66.8 Å². The van der Waals surface area contributed by atoms with Crippen LogP contribution >= 0.6 is 0 Å². The third-order valence-electron chi connectivity index (χ3n) is 5.64. The van der Waals surface area contributed by atoms with Crippen LogP contribution in [0, 0.1) is 6.92 Å². The first-order chi connectivity index (χ1) is 13.4. The van der Waals surface area contributed by atoms with Crippen LogP contribution in [-0.2, 0) is 0 Å². The summed E-state index contributed by atoms with van der Waals surface area (Å²) >= 11 is 0. The number of aryl methyl sites for hydroxylation is 1. The number of para-hydroxylation sites is 1. The maximum absolute atomic E-state index is 11.0. The van der Waals surface area contributed by atoms with E-state index in [-0.39, 0.29) is 0 Å². The average Bonchev–Trinajstić information content (AvgIpc) is 2.68. The van der Waals surface area contributed by atoms with Crippen molar-refractivity contribution in [2.24, 2.45) is 4.99 Å². The second-order valence-electron chi connectivity index (χ2n) is 8.62. The van der Waals surface area contributed by atoms with E-state index in [0.29, 0.717) is 17.6 Å². The molecule has 0 aliphatic carbocycles. The molecule has 0 aromatic heterocycles. The van der Waals surface area contributed by atoms with Gasteiger partial charge in [0.05, 0.1) is 11.4 Å². The molecule has 2 aromatic carbocycles. The van der Waals surface area contributed by atoms with Crippen LogP contribution in [0.4, 0.5) is 11.4 Å². The Morgan fingerprint density at radius 1 is 0.964 bits per heavy atom. The molecule has 28 heavy (non-hydrogen) atoms. The van der Waals surface area contributed by atoms with Gasteiger partial charge in [-0.2, -0.15) is 0 Å². The Morgan fingerprint density at radius 2 is 1.57 bits per heavy atom. The van der Waals surface area contributed by atoms with Crippen molar-refractivity contribution in [1.82, 2.24) is 0 Å². The van der Waals surface area contributed by atoms with Gasteiger partial charge in [-0.3, -0.25) is 4.99 Å². The molecule has 150 valence electrons. The van der Waals surface area contributed by atoms with E-state index in [1.165, 1.54) is 30.4 Å². The van der Waals surface area contributed by atoms with Crippen molar-refractivity contribution in [3.8, 4) is 5.75 Å². The number of benzene rings is 2. The first kappa shape index (κ1) is 20.4. The lowest BCUT2D eigenvalue weighted by Gasteiger charge is -2.30. The van der Waals surface area contributed by atoms with Gasteiger partial charge >= 0.3 is 0 Å². The highest BCUT2D eigenvalue weighted by molar-refractivity contribution is 5.89. The zero-order valence-corrected chi connectivity index (χ0v) is 18.0. The summed E-state index contributed by atoms with van der Waals surface area (Å²) in [6.45, 7) is 12.9. The van der Waals surface area contributed by atoms with E-state index < -0.39 is 0 Å². The SMILES string of the molecule is Cc1cc(C=Nc2c(C(C)C)cccc2C(C)C)c(O)c(N2CCCCC2)c1. The second-order valence-corrected chi connectivity index (χ2v) is 8.62. The molecule has 0 amide bonds. The highest BCUT2D eigenvalue weighted by Crippen LogP contribution is 2.36. The summed E-state index contributed by atoms with van der Waals surface area (Å²) in [5.74, 6) is 1.16. The topological polar surface area (TPSA) is 35.8 Å². The van der Waals surface area contributed by atoms with Crippen LogP contribution in [-0.4, -0.2) is 24.4 Å². The Kier molecular flexibility index (Phi) is 6.43. The summed E-state index contributed by atoms with van der Waals surface area (Å²) in [7, 11) is 0. The Hall–Kier alpha value is -2.29. The minimum Gasteiger partial charge on any atom is -0.505 e. The molecule has 0 unspecified atom stereocenters. The van der Waals surface area contributed by atoms with Crippen molar-refractivity contribution < 1.29 is 5.11 Å². The van der Waals surface area contributed by atoms with Crippen LogP contribution in [0.3, 0.4) is 0 Å². The highest BCUT2D eigenvalue weighted by Gasteiger charge is 2.17. The number of nitrogens with zero attached hydrogens (tertiary/aromatic N) is 2. The van der Waals surface area contributed by atoms with Crippen molar-refractivity contribution in [3.05, 3.63) is 52.6 Å². The maximum atomic E-state index is 11.0. The number of piperidine rings is 1. The van der Waals surface area contributed by atoms with Crippen LogP contribution in [0.15, 0.2) is 35.3 Å². The van der Waals surface area contributed by atoms with Crippen molar-refractivity contribution in [3.63, 3.8) is 0 Å². The lowest BCUT2D eigenvalue weighted by Crippen LogP contribution is -2.29. The molecule has 0 radical (unpaired) electrons. The first-order valence-electron chi connectivity index (χ1n) is 10.6. The summed E-state index contributed by atoms with van der Waals surface area (Å²) in [5.41, 5.74) is 6.46. The molecular weight excluding hydrogens is 344 g/mol. The van der Waals surface area contributed by atoms with Gasteiger partial charge in [0.15, 0.2) is 0 Å². The molecule has 1 aliphatic rings. The molecule has 1 N–H and O–H groups in total. The fourth-order valence-corrected chi connectivity index (χ4v) is 4.06. The van der Waals surface area contributed by atoms with Crippen molar-refractivity contribution >= 4 is 17.6 Å². The Balaban J connectivity index is 2.02. The van der Waals surface area contributed by atoms with E-state index in [1.54, 1.807) is 0 Å². The summed E-state index contributed by atoms with van der Waals surface area (Å²) in [6, 6.07) is 10.6. The lowest BCUT2D eigenvalue weighted by atomic mass is 9.93. The number of rotatable bonds is 5. The quantitative estimate of drug-likeness (QED) is 0.588.